The molecule has 0 aromatic carbocycles. The maximum Gasteiger partial charge on any atom is 0.245 e. The molecular formula is C9H10N4O4S. The number of H-pyrrole nitrogens is 1. The zero-order valence-electron chi connectivity index (χ0n) is 9.16. The Labute approximate surface area is 102 Å². The Bertz CT molecular complexity index is 662. The summed E-state index contributed by atoms with van der Waals surface area (Å²) in [5, 5.41) is 3.54. The molecule has 0 saturated carbocycles. The molecular weight excluding hydrogens is 260 g/mol. The number of sulfonamides is 1. The van der Waals surface area contributed by atoms with Crippen LogP contribution in [0, 0.1) is 0 Å². The van der Waals surface area contributed by atoms with Crippen molar-refractivity contribution in [1.29, 1.82) is 0 Å². The number of hydrogen-bond acceptors (Lipinski definition) is 6. The highest BCUT2D eigenvalue weighted by Gasteiger charge is 2.17. The summed E-state index contributed by atoms with van der Waals surface area (Å²) in [6.45, 7) is 0.0796. The molecule has 0 saturated heterocycles. The van der Waals surface area contributed by atoms with Crippen LogP contribution < -0.4 is 10.2 Å². The first-order chi connectivity index (χ1) is 8.59. The third-order valence-corrected chi connectivity index (χ3v) is 3.61. The molecule has 0 atom stereocenters. The van der Waals surface area contributed by atoms with Gasteiger partial charge in [-0.3, -0.25) is 4.79 Å². The van der Waals surface area contributed by atoms with Gasteiger partial charge in [-0.05, 0) is 0 Å². The smallest absolute Gasteiger partial charge is 0.245 e. The molecule has 2 heterocycles. The highest BCUT2D eigenvalue weighted by Crippen LogP contribution is 1.99. The third kappa shape index (κ3) is 2.81. The molecule has 0 aliphatic heterocycles. The molecule has 0 fully saturated rings. The fourth-order valence-corrected chi connectivity index (χ4v) is 2.37. The van der Waals surface area contributed by atoms with Gasteiger partial charge in [-0.1, -0.05) is 5.16 Å². The van der Waals surface area contributed by atoms with Crippen LogP contribution in [0.2, 0.25) is 0 Å². The molecule has 0 spiro atoms. The van der Waals surface area contributed by atoms with E-state index in [-0.39, 0.29) is 17.9 Å². The molecule has 2 N–H and O–H groups in total. The Balaban J connectivity index is 2.04. The second-order valence-corrected chi connectivity index (χ2v) is 5.10. The van der Waals surface area contributed by atoms with Gasteiger partial charge in [-0.15, -0.1) is 0 Å². The van der Waals surface area contributed by atoms with Gasteiger partial charge in [0.1, 0.15) is 4.90 Å². The Morgan fingerprint density at radius 2 is 2.28 bits per heavy atom. The first kappa shape index (κ1) is 12.5. The Hall–Kier alpha value is -2.00. The van der Waals surface area contributed by atoms with E-state index in [1.807, 2.05) is 0 Å². The lowest BCUT2D eigenvalue weighted by atomic mass is 10.4. The lowest BCUT2D eigenvalue weighted by Gasteiger charge is -2.03. The van der Waals surface area contributed by atoms with Crippen molar-refractivity contribution in [1.82, 2.24) is 19.8 Å². The molecule has 0 bridgehead atoms. The quantitative estimate of drug-likeness (QED) is 0.740. The first-order valence-electron chi connectivity index (χ1n) is 5.01. The predicted molar refractivity (Wildman–Crippen MR) is 60.3 cm³/mol. The molecule has 96 valence electrons. The molecule has 0 amide bonds. The standard InChI is InChI=1S/C9H10N4O4S/c14-7-1-3-10-5-8(7)18(15,16)12-4-2-9-11-6-17-13-9/h1,3,5-6,12H,2,4H2,(H,10,14). The van der Waals surface area contributed by atoms with Crippen molar-refractivity contribution < 1.29 is 12.9 Å². The van der Waals surface area contributed by atoms with Crippen LogP contribution in [0.3, 0.4) is 0 Å². The first-order valence-corrected chi connectivity index (χ1v) is 6.50. The second kappa shape index (κ2) is 5.10. The maximum atomic E-state index is 11.8. The SMILES string of the molecule is O=c1cc[nH]cc1S(=O)(=O)NCCc1ncon1. The molecule has 0 unspecified atom stereocenters. The van der Waals surface area contributed by atoms with E-state index < -0.39 is 15.5 Å². The third-order valence-electron chi connectivity index (χ3n) is 2.13. The van der Waals surface area contributed by atoms with E-state index >= 15 is 0 Å². The van der Waals surface area contributed by atoms with Crippen molar-refractivity contribution in [3.05, 3.63) is 40.9 Å². The van der Waals surface area contributed by atoms with Crippen molar-refractivity contribution in [2.45, 2.75) is 11.3 Å². The van der Waals surface area contributed by atoms with Crippen LogP contribution in [0.15, 0.2) is 39.1 Å². The number of aromatic amines is 1. The lowest BCUT2D eigenvalue weighted by molar-refractivity contribution is 0.410. The van der Waals surface area contributed by atoms with Gasteiger partial charge in [-0.2, -0.15) is 4.98 Å². The number of rotatable bonds is 5. The summed E-state index contributed by atoms with van der Waals surface area (Å²) >= 11 is 0. The van der Waals surface area contributed by atoms with Crippen molar-refractivity contribution in [3.8, 4) is 0 Å². The van der Waals surface area contributed by atoms with Gasteiger partial charge in [-0.25, -0.2) is 13.1 Å². The maximum absolute atomic E-state index is 11.8. The Kier molecular flexibility index (Phi) is 3.53. The van der Waals surface area contributed by atoms with Crippen LogP contribution in [0.1, 0.15) is 5.82 Å². The van der Waals surface area contributed by atoms with E-state index in [4.69, 9.17) is 0 Å². The number of aromatic nitrogens is 3. The fourth-order valence-electron chi connectivity index (χ4n) is 1.29. The number of nitrogens with one attached hydrogen (secondary N) is 2. The van der Waals surface area contributed by atoms with Gasteiger partial charge in [0.05, 0.1) is 0 Å². The predicted octanol–water partition coefficient (Wildman–Crippen LogP) is -0.721. The summed E-state index contributed by atoms with van der Waals surface area (Å²) < 4.78 is 30.4. The van der Waals surface area contributed by atoms with Crippen LogP contribution in [-0.2, 0) is 16.4 Å². The monoisotopic (exact) mass is 270 g/mol. The molecule has 8 nitrogen and oxygen atoms in total. The zero-order valence-corrected chi connectivity index (χ0v) is 9.98. The zero-order chi connectivity index (χ0) is 13.0. The highest BCUT2D eigenvalue weighted by molar-refractivity contribution is 7.89. The van der Waals surface area contributed by atoms with E-state index in [2.05, 4.69) is 24.4 Å². The number of nitrogens with zero attached hydrogens (tertiary/aromatic N) is 2. The van der Waals surface area contributed by atoms with Crippen molar-refractivity contribution in [3.63, 3.8) is 0 Å². The van der Waals surface area contributed by atoms with Gasteiger partial charge < -0.3 is 9.51 Å². The average molecular weight is 270 g/mol. The Morgan fingerprint density at radius 3 is 2.94 bits per heavy atom. The fraction of sp³-hybridized carbons (Fsp3) is 0.222. The summed E-state index contributed by atoms with van der Waals surface area (Å²) in [5.74, 6) is 0.389. The second-order valence-electron chi connectivity index (χ2n) is 3.37. The molecule has 2 aromatic rings. The molecule has 9 heteroatoms. The topological polar surface area (TPSA) is 118 Å². The molecule has 0 aliphatic carbocycles. The molecule has 2 aromatic heterocycles. The molecule has 2 rings (SSSR count). The van der Waals surface area contributed by atoms with E-state index in [1.54, 1.807) is 0 Å². The van der Waals surface area contributed by atoms with E-state index in [0.29, 0.717) is 5.82 Å². The highest BCUT2D eigenvalue weighted by atomic mass is 32.2. The van der Waals surface area contributed by atoms with Crippen molar-refractivity contribution in [2.24, 2.45) is 0 Å². The summed E-state index contributed by atoms with van der Waals surface area (Å²) in [4.78, 5) is 17.4. The molecule has 0 radical (unpaired) electrons. The normalized spacial score (nSPS) is 11.6. The van der Waals surface area contributed by atoms with Crippen LogP contribution in [0.4, 0.5) is 0 Å². The summed E-state index contributed by atoms with van der Waals surface area (Å²) in [6.07, 6.45) is 3.94. The van der Waals surface area contributed by atoms with Crippen molar-refractivity contribution >= 4 is 10.0 Å². The minimum absolute atomic E-state index is 0.0796. The van der Waals surface area contributed by atoms with E-state index in [0.717, 1.165) is 18.7 Å². The summed E-state index contributed by atoms with van der Waals surface area (Å²) in [7, 11) is -3.82. The van der Waals surface area contributed by atoms with Gasteiger partial charge in [0.2, 0.25) is 21.8 Å². The van der Waals surface area contributed by atoms with E-state index in [9.17, 15) is 13.2 Å². The lowest BCUT2D eigenvalue weighted by Crippen LogP contribution is -2.30. The van der Waals surface area contributed by atoms with Crippen LogP contribution in [-0.4, -0.2) is 30.1 Å². The molecule has 18 heavy (non-hydrogen) atoms. The minimum atomic E-state index is -3.82. The number of pyridine rings is 1. The van der Waals surface area contributed by atoms with Gasteiger partial charge in [0, 0.05) is 31.4 Å². The van der Waals surface area contributed by atoms with Crippen molar-refractivity contribution in [2.75, 3.05) is 6.54 Å². The van der Waals surface area contributed by atoms with Gasteiger partial charge >= 0.3 is 0 Å². The van der Waals surface area contributed by atoms with Crippen LogP contribution >= 0.6 is 0 Å². The minimum Gasteiger partial charge on any atom is -0.366 e. The largest absolute Gasteiger partial charge is 0.366 e. The Morgan fingerprint density at radius 1 is 1.44 bits per heavy atom. The van der Waals surface area contributed by atoms with Crippen LogP contribution in [0.5, 0.6) is 0 Å². The van der Waals surface area contributed by atoms with E-state index in [1.165, 1.54) is 6.20 Å². The molecule has 0 aliphatic rings. The van der Waals surface area contributed by atoms with Gasteiger partial charge in [0.25, 0.3) is 0 Å². The summed E-state index contributed by atoms with van der Waals surface area (Å²) in [5.41, 5.74) is -0.569. The summed E-state index contributed by atoms with van der Waals surface area (Å²) in [6, 6.07) is 1.15. The van der Waals surface area contributed by atoms with Gasteiger partial charge in [0.15, 0.2) is 5.82 Å². The average Bonchev–Trinajstić information content (AvgIpc) is 2.82. The number of hydrogen-bond donors (Lipinski definition) is 2. The van der Waals surface area contributed by atoms with Crippen LogP contribution in [0.25, 0.3) is 0 Å².